The molecular weight excluding hydrogens is 310 g/mol. The molecule has 0 atom stereocenters. The smallest absolute Gasteiger partial charge is 0.191 e. The van der Waals surface area contributed by atoms with Crippen molar-refractivity contribution in [2.75, 3.05) is 25.0 Å². The van der Waals surface area contributed by atoms with Gasteiger partial charge in [0.2, 0.25) is 0 Å². The highest BCUT2D eigenvalue weighted by Gasteiger charge is 2.20. The highest BCUT2D eigenvalue weighted by Crippen LogP contribution is 2.24. The minimum atomic E-state index is 0.455. The van der Waals surface area contributed by atoms with Crippen LogP contribution in [-0.4, -0.2) is 46.9 Å². The molecule has 1 fully saturated rings. The summed E-state index contributed by atoms with van der Waals surface area (Å²) in [5.74, 6) is 1.71. The number of nitrogens with zero attached hydrogens (tertiary/aromatic N) is 5. The van der Waals surface area contributed by atoms with Gasteiger partial charge in [-0.2, -0.15) is 0 Å². The van der Waals surface area contributed by atoms with E-state index in [1.807, 2.05) is 23.0 Å². The van der Waals surface area contributed by atoms with Crippen molar-refractivity contribution in [3.63, 3.8) is 0 Å². The molecule has 0 saturated carbocycles. The van der Waals surface area contributed by atoms with Gasteiger partial charge >= 0.3 is 0 Å². The molecule has 8 heteroatoms. The third-order valence-corrected chi connectivity index (χ3v) is 5.03. The van der Waals surface area contributed by atoms with Gasteiger partial charge in [0.25, 0.3) is 0 Å². The Bertz CT molecular complexity index is 626. The van der Waals surface area contributed by atoms with E-state index in [0.29, 0.717) is 12.6 Å². The van der Waals surface area contributed by atoms with Gasteiger partial charge in [0.15, 0.2) is 11.8 Å². The van der Waals surface area contributed by atoms with E-state index >= 15 is 0 Å². The molecule has 2 aromatic heterocycles. The number of guanidine groups is 1. The number of hydrogen-bond donors (Lipinski definition) is 2. The molecule has 3 heterocycles. The maximum Gasteiger partial charge on any atom is 0.191 e. The Morgan fingerprint density at radius 3 is 2.87 bits per heavy atom. The molecule has 124 valence electrons. The minimum absolute atomic E-state index is 0.455. The number of hydrogen-bond acceptors (Lipinski definition) is 5. The maximum atomic E-state index is 4.31. The lowest BCUT2D eigenvalue weighted by atomic mass is 10.1. The van der Waals surface area contributed by atoms with E-state index in [4.69, 9.17) is 0 Å². The van der Waals surface area contributed by atoms with Crippen molar-refractivity contribution in [1.82, 2.24) is 25.4 Å². The molecule has 3 rings (SSSR count). The lowest BCUT2D eigenvalue weighted by molar-refractivity contribution is 0.462. The van der Waals surface area contributed by atoms with Gasteiger partial charge in [0, 0.05) is 33.2 Å². The van der Waals surface area contributed by atoms with E-state index < -0.39 is 0 Å². The van der Waals surface area contributed by atoms with Crippen LogP contribution in [0, 0.1) is 0 Å². The lowest BCUT2D eigenvalue weighted by Gasteiger charge is -2.33. The molecule has 1 aliphatic rings. The van der Waals surface area contributed by atoms with Gasteiger partial charge < -0.3 is 20.1 Å². The van der Waals surface area contributed by atoms with Crippen LogP contribution in [0.25, 0.3) is 0 Å². The van der Waals surface area contributed by atoms with Crippen molar-refractivity contribution in [1.29, 1.82) is 0 Å². The summed E-state index contributed by atoms with van der Waals surface area (Å²) in [4.78, 5) is 6.76. The Balaban J connectivity index is 1.46. The number of aliphatic imine (C=N–C) groups is 1. The largest absolute Gasteiger partial charge is 0.363 e. The highest BCUT2D eigenvalue weighted by atomic mass is 32.1. The Morgan fingerprint density at radius 2 is 2.26 bits per heavy atom. The van der Waals surface area contributed by atoms with E-state index in [-0.39, 0.29) is 0 Å². The summed E-state index contributed by atoms with van der Waals surface area (Å²) in [6.07, 6.45) is 3.93. The second kappa shape index (κ2) is 7.45. The van der Waals surface area contributed by atoms with Gasteiger partial charge in [-0.3, -0.25) is 4.99 Å². The number of piperidine rings is 1. The molecule has 0 unspecified atom stereocenters. The number of nitrogens with one attached hydrogen (secondary N) is 2. The topological polar surface area (TPSA) is 70.4 Å². The van der Waals surface area contributed by atoms with Gasteiger partial charge in [-0.15, -0.1) is 21.5 Å². The molecule has 2 aromatic rings. The van der Waals surface area contributed by atoms with Crippen molar-refractivity contribution in [3.05, 3.63) is 29.7 Å². The van der Waals surface area contributed by atoms with Crippen molar-refractivity contribution in [2.45, 2.75) is 25.4 Å². The van der Waals surface area contributed by atoms with E-state index in [2.05, 4.69) is 48.2 Å². The Kier molecular flexibility index (Phi) is 5.12. The quantitative estimate of drug-likeness (QED) is 0.650. The van der Waals surface area contributed by atoms with Crippen molar-refractivity contribution >= 4 is 22.3 Å². The fourth-order valence-corrected chi connectivity index (χ4v) is 3.50. The average molecular weight is 333 g/mol. The van der Waals surface area contributed by atoms with Gasteiger partial charge in [0.1, 0.15) is 6.33 Å². The summed E-state index contributed by atoms with van der Waals surface area (Å²) < 4.78 is 1.90. The third kappa shape index (κ3) is 4.01. The molecule has 1 saturated heterocycles. The first kappa shape index (κ1) is 15.8. The van der Waals surface area contributed by atoms with E-state index in [0.717, 1.165) is 37.7 Å². The Hall–Kier alpha value is -2.09. The van der Waals surface area contributed by atoms with Crippen LogP contribution in [0.4, 0.5) is 5.00 Å². The third-order valence-electron chi connectivity index (χ3n) is 4.10. The number of thiophene rings is 1. The van der Waals surface area contributed by atoms with Crippen LogP contribution in [0.2, 0.25) is 0 Å². The Labute approximate surface area is 140 Å². The zero-order chi connectivity index (χ0) is 16.1. The summed E-state index contributed by atoms with van der Waals surface area (Å²) in [6, 6.07) is 4.76. The second-order valence-corrected chi connectivity index (χ2v) is 6.57. The lowest BCUT2D eigenvalue weighted by Crippen LogP contribution is -2.48. The summed E-state index contributed by atoms with van der Waals surface area (Å²) in [6.45, 7) is 2.78. The first-order valence-electron chi connectivity index (χ1n) is 7.85. The maximum absolute atomic E-state index is 4.31. The number of aryl methyl sites for hydroxylation is 1. The zero-order valence-electron chi connectivity index (χ0n) is 13.6. The molecule has 1 aliphatic heterocycles. The molecule has 0 radical (unpaired) electrons. The summed E-state index contributed by atoms with van der Waals surface area (Å²) in [5.41, 5.74) is 0. The van der Waals surface area contributed by atoms with Gasteiger partial charge in [-0.05, 0) is 30.4 Å². The van der Waals surface area contributed by atoms with Crippen LogP contribution >= 0.6 is 11.3 Å². The number of aromatic nitrogens is 3. The molecule has 7 nitrogen and oxygen atoms in total. The van der Waals surface area contributed by atoms with E-state index in [1.54, 1.807) is 13.4 Å². The summed E-state index contributed by atoms with van der Waals surface area (Å²) >= 11 is 1.81. The predicted octanol–water partition coefficient (Wildman–Crippen LogP) is 1.21. The average Bonchev–Trinajstić information content (AvgIpc) is 3.24. The molecule has 0 bridgehead atoms. The minimum Gasteiger partial charge on any atom is -0.363 e. The predicted molar refractivity (Wildman–Crippen MR) is 93.9 cm³/mol. The van der Waals surface area contributed by atoms with Crippen LogP contribution in [0.3, 0.4) is 0 Å². The van der Waals surface area contributed by atoms with Crippen molar-refractivity contribution in [3.8, 4) is 0 Å². The second-order valence-electron chi connectivity index (χ2n) is 5.64. The molecule has 0 aliphatic carbocycles. The molecular formula is C15H23N7S. The zero-order valence-corrected chi connectivity index (χ0v) is 14.4. The summed E-state index contributed by atoms with van der Waals surface area (Å²) in [5, 5.41) is 18.3. The summed E-state index contributed by atoms with van der Waals surface area (Å²) in [7, 11) is 3.74. The van der Waals surface area contributed by atoms with E-state index in [1.165, 1.54) is 5.00 Å². The molecule has 0 spiro atoms. The van der Waals surface area contributed by atoms with Crippen LogP contribution < -0.4 is 15.5 Å². The Morgan fingerprint density at radius 1 is 1.43 bits per heavy atom. The number of rotatable bonds is 4. The van der Waals surface area contributed by atoms with Crippen LogP contribution in [0.1, 0.15) is 18.7 Å². The SMILES string of the molecule is CN=C(NCc1nncn1C)NC1CCN(c2cccs2)CC1. The van der Waals surface area contributed by atoms with Gasteiger partial charge in [0.05, 0.1) is 11.5 Å². The van der Waals surface area contributed by atoms with Crippen LogP contribution in [0.15, 0.2) is 28.8 Å². The fourth-order valence-electron chi connectivity index (χ4n) is 2.71. The van der Waals surface area contributed by atoms with Crippen molar-refractivity contribution < 1.29 is 0 Å². The van der Waals surface area contributed by atoms with Crippen LogP contribution in [0.5, 0.6) is 0 Å². The molecule has 2 N–H and O–H groups in total. The monoisotopic (exact) mass is 333 g/mol. The molecule has 0 amide bonds. The highest BCUT2D eigenvalue weighted by molar-refractivity contribution is 7.14. The van der Waals surface area contributed by atoms with Crippen LogP contribution in [-0.2, 0) is 13.6 Å². The molecule has 0 aromatic carbocycles. The van der Waals surface area contributed by atoms with Crippen molar-refractivity contribution in [2.24, 2.45) is 12.0 Å². The van der Waals surface area contributed by atoms with Gasteiger partial charge in [-0.25, -0.2) is 0 Å². The van der Waals surface area contributed by atoms with Gasteiger partial charge in [-0.1, -0.05) is 0 Å². The first-order valence-corrected chi connectivity index (χ1v) is 8.72. The fraction of sp³-hybridized carbons (Fsp3) is 0.533. The molecule has 23 heavy (non-hydrogen) atoms. The normalized spacial score (nSPS) is 16.6. The van der Waals surface area contributed by atoms with E-state index in [9.17, 15) is 0 Å². The first-order chi connectivity index (χ1) is 11.3. The standard InChI is InChI=1S/C15H23N7S/c1-16-15(17-10-13-20-18-11-21(13)2)19-12-5-7-22(8-6-12)14-4-3-9-23-14/h3-4,9,11-12H,5-8,10H2,1-2H3,(H2,16,17,19). The number of anilines is 1.